The zero-order chi connectivity index (χ0) is 16.8. The number of furan rings is 1. The van der Waals surface area contributed by atoms with Gasteiger partial charge in [-0.1, -0.05) is 0 Å². The Labute approximate surface area is 129 Å². The standard InChI is InChI=1S/C15H13F2NO5/c16-9-3-4-12(10(17)6-9)23-8-14(19)18-11(7-15(20)21)13-2-1-5-22-13/h1-6,11H,7-8H2,(H,18,19)(H,20,21). The van der Waals surface area contributed by atoms with Gasteiger partial charge in [-0.05, 0) is 24.3 Å². The van der Waals surface area contributed by atoms with E-state index in [0.29, 0.717) is 6.07 Å². The van der Waals surface area contributed by atoms with E-state index in [-0.39, 0.29) is 17.9 Å². The van der Waals surface area contributed by atoms with Crippen LogP contribution >= 0.6 is 0 Å². The molecule has 2 aromatic rings. The van der Waals surface area contributed by atoms with E-state index in [1.807, 2.05) is 0 Å². The van der Waals surface area contributed by atoms with Crippen molar-refractivity contribution in [1.29, 1.82) is 0 Å². The summed E-state index contributed by atoms with van der Waals surface area (Å²) < 4.78 is 36.1. The zero-order valence-electron chi connectivity index (χ0n) is 11.8. The van der Waals surface area contributed by atoms with E-state index in [2.05, 4.69) is 5.32 Å². The number of halogens is 2. The van der Waals surface area contributed by atoms with Crippen LogP contribution in [0, 0.1) is 11.6 Å². The number of nitrogens with one attached hydrogen (secondary N) is 1. The first-order valence-corrected chi connectivity index (χ1v) is 6.58. The molecule has 1 aromatic carbocycles. The highest BCUT2D eigenvalue weighted by Gasteiger charge is 2.21. The molecule has 1 amide bonds. The molecule has 0 bridgehead atoms. The Morgan fingerprint density at radius 3 is 2.70 bits per heavy atom. The first-order valence-electron chi connectivity index (χ1n) is 6.58. The summed E-state index contributed by atoms with van der Waals surface area (Å²) >= 11 is 0. The summed E-state index contributed by atoms with van der Waals surface area (Å²) in [6.07, 6.45) is 0.963. The molecule has 1 atom stereocenters. The van der Waals surface area contributed by atoms with Gasteiger partial charge in [-0.15, -0.1) is 0 Å². The van der Waals surface area contributed by atoms with Crippen LogP contribution in [0.5, 0.6) is 5.75 Å². The maximum absolute atomic E-state index is 13.4. The fourth-order valence-electron chi connectivity index (χ4n) is 1.86. The van der Waals surface area contributed by atoms with Crippen molar-refractivity contribution in [1.82, 2.24) is 5.32 Å². The Hall–Kier alpha value is -2.90. The van der Waals surface area contributed by atoms with Crippen LogP contribution in [0.15, 0.2) is 41.0 Å². The molecule has 8 heteroatoms. The van der Waals surface area contributed by atoms with Gasteiger partial charge in [0.1, 0.15) is 11.6 Å². The van der Waals surface area contributed by atoms with Crippen molar-refractivity contribution in [2.45, 2.75) is 12.5 Å². The predicted molar refractivity (Wildman–Crippen MR) is 73.7 cm³/mol. The largest absolute Gasteiger partial charge is 0.481 e. The molecule has 1 aromatic heterocycles. The quantitative estimate of drug-likeness (QED) is 0.815. The van der Waals surface area contributed by atoms with Gasteiger partial charge in [-0.2, -0.15) is 0 Å². The smallest absolute Gasteiger partial charge is 0.305 e. The maximum Gasteiger partial charge on any atom is 0.305 e. The number of carbonyl (C=O) groups is 2. The lowest BCUT2D eigenvalue weighted by Crippen LogP contribution is -2.33. The third kappa shape index (κ3) is 4.80. The molecular formula is C15H13F2NO5. The number of amides is 1. The van der Waals surface area contributed by atoms with Crippen LogP contribution < -0.4 is 10.1 Å². The number of benzene rings is 1. The number of ether oxygens (including phenoxy) is 1. The van der Waals surface area contributed by atoms with E-state index in [1.165, 1.54) is 12.3 Å². The minimum atomic E-state index is -1.13. The summed E-state index contributed by atoms with van der Waals surface area (Å²) in [5.74, 6) is -3.51. The summed E-state index contributed by atoms with van der Waals surface area (Å²) in [6, 6.07) is 4.88. The molecule has 0 aliphatic carbocycles. The molecular weight excluding hydrogens is 312 g/mol. The van der Waals surface area contributed by atoms with Crippen LogP contribution in [0.2, 0.25) is 0 Å². The van der Waals surface area contributed by atoms with Crippen LogP contribution in [-0.4, -0.2) is 23.6 Å². The van der Waals surface area contributed by atoms with Gasteiger partial charge in [0.25, 0.3) is 5.91 Å². The molecule has 0 aliphatic heterocycles. The second kappa shape index (κ2) is 7.39. The average Bonchev–Trinajstić information content (AvgIpc) is 2.99. The summed E-state index contributed by atoms with van der Waals surface area (Å²) in [7, 11) is 0. The van der Waals surface area contributed by atoms with Gasteiger partial charge < -0.3 is 19.6 Å². The maximum atomic E-state index is 13.4. The number of hydrogen-bond acceptors (Lipinski definition) is 4. The van der Waals surface area contributed by atoms with Crippen LogP contribution in [0.1, 0.15) is 18.2 Å². The minimum absolute atomic E-state index is 0.272. The number of aliphatic carboxylic acids is 1. The molecule has 0 spiro atoms. The molecule has 23 heavy (non-hydrogen) atoms. The summed E-state index contributed by atoms with van der Waals surface area (Å²) in [6.45, 7) is -0.556. The van der Waals surface area contributed by atoms with E-state index in [1.54, 1.807) is 6.07 Å². The van der Waals surface area contributed by atoms with Gasteiger partial charge in [0, 0.05) is 6.07 Å². The van der Waals surface area contributed by atoms with Crippen molar-refractivity contribution in [2.75, 3.05) is 6.61 Å². The van der Waals surface area contributed by atoms with E-state index < -0.39 is 36.2 Å². The Balaban J connectivity index is 1.95. The second-order valence-electron chi connectivity index (χ2n) is 4.60. The van der Waals surface area contributed by atoms with Crippen LogP contribution in [-0.2, 0) is 9.59 Å². The van der Waals surface area contributed by atoms with Crippen molar-refractivity contribution in [3.05, 3.63) is 54.0 Å². The zero-order valence-corrected chi connectivity index (χ0v) is 11.8. The second-order valence-corrected chi connectivity index (χ2v) is 4.60. The van der Waals surface area contributed by atoms with Crippen LogP contribution in [0.3, 0.4) is 0 Å². The third-order valence-electron chi connectivity index (χ3n) is 2.85. The minimum Gasteiger partial charge on any atom is -0.481 e. The average molecular weight is 325 g/mol. The van der Waals surface area contributed by atoms with Crippen molar-refractivity contribution >= 4 is 11.9 Å². The number of hydrogen-bond donors (Lipinski definition) is 2. The number of rotatable bonds is 7. The van der Waals surface area contributed by atoms with Gasteiger partial charge in [-0.3, -0.25) is 9.59 Å². The highest BCUT2D eigenvalue weighted by atomic mass is 19.1. The predicted octanol–water partition coefficient (Wildman–Crippen LogP) is 2.27. The van der Waals surface area contributed by atoms with Crippen molar-refractivity contribution in [2.24, 2.45) is 0 Å². The van der Waals surface area contributed by atoms with E-state index >= 15 is 0 Å². The Morgan fingerprint density at radius 2 is 2.09 bits per heavy atom. The SMILES string of the molecule is O=C(O)CC(NC(=O)COc1ccc(F)cc1F)c1ccco1. The third-order valence-corrected chi connectivity index (χ3v) is 2.85. The lowest BCUT2D eigenvalue weighted by molar-refractivity contribution is -0.138. The Bertz CT molecular complexity index is 687. The summed E-state index contributed by atoms with van der Waals surface area (Å²) in [5, 5.41) is 11.3. The highest BCUT2D eigenvalue weighted by molar-refractivity contribution is 5.79. The van der Waals surface area contributed by atoms with Crippen molar-refractivity contribution in [3.63, 3.8) is 0 Å². The Kier molecular flexibility index (Phi) is 5.29. The molecule has 0 saturated carbocycles. The van der Waals surface area contributed by atoms with Gasteiger partial charge in [0.15, 0.2) is 18.2 Å². The molecule has 122 valence electrons. The number of carboxylic acid groups (broad SMARTS) is 1. The fraction of sp³-hybridized carbons (Fsp3) is 0.200. The molecule has 6 nitrogen and oxygen atoms in total. The summed E-state index contributed by atoms with van der Waals surface area (Å²) in [4.78, 5) is 22.6. The van der Waals surface area contributed by atoms with Crippen LogP contribution in [0.25, 0.3) is 0 Å². The van der Waals surface area contributed by atoms with E-state index in [9.17, 15) is 18.4 Å². The lowest BCUT2D eigenvalue weighted by Gasteiger charge is -2.15. The van der Waals surface area contributed by atoms with E-state index in [0.717, 1.165) is 12.1 Å². The lowest BCUT2D eigenvalue weighted by atomic mass is 10.1. The van der Waals surface area contributed by atoms with Gasteiger partial charge in [0.2, 0.25) is 0 Å². The molecule has 0 saturated heterocycles. The molecule has 0 radical (unpaired) electrons. The van der Waals surface area contributed by atoms with Crippen molar-refractivity contribution in [3.8, 4) is 5.75 Å². The fourth-order valence-corrected chi connectivity index (χ4v) is 1.86. The summed E-state index contributed by atoms with van der Waals surface area (Å²) in [5.41, 5.74) is 0. The highest BCUT2D eigenvalue weighted by Crippen LogP contribution is 2.19. The van der Waals surface area contributed by atoms with Gasteiger partial charge in [-0.25, -0.2) is 8.78 Å². The molecule has 0 aliphatic rings. The monoisotopic (exact) mass is 325 g/mol. The molecule has 1 unspecified atom stereocenters. The molecule has 2 rings (SSSR count). The first kappa shape index (κ1) is 16.5. The molecule has 1 heterocycles. The molecule has 0 fully saturated rings. The Morgan fingerprint density at radius 1 is 1.30 bits per heavy atom. The van der Waals surface area contributed by atoms with E-state index in [4.69, 9.17) is 14.3 Å². The number of carbonyl (C=O) groups excluding carboxylic acids is 1. The number of carboxylic acids is 1. The normalized spacial score (nSPS) is 11.7. The molecule has 2 N–H and O–H groups in total. The van der Waals surface area contributed by atoms with Gasteiger partial charge in [0.05, 0.1) is 18.7 Å². The van der Waals surface area contributed by atoms with Gasteiger partial charge >= 0.3 is 5.97 Å². The van der Waals surface area contributed by atoms with Crippen molar-refractivity contribution < 1.29 is 32.6 Å². The van der Waals surface area contributed by atoms with Crippen LogP contribution in [0.4, 0.5) is 8.78 Å². The first-order chi connectivity index (χ1) is 11.0. The topological polar surface area (TPSA) is 88.8 Å².